The van der Waals surface area contributed by atoms with Crippen LogP contribution in [0, 0.1) is 0 Å². The Bertz CT molecular complexity index is 552. The van der Waals surface area contributed by atoms with Crippen molar-refractivity contribution in [1.29, 1.82) is 0 Å². The van der Waals surface area contributed by atoms with E-state index in [4.69, 9.17) is 19.3 Å². The van der Waals surface area contributed by atoms with Crippen molar-refractivity contribution in [3.05, 3.63) is 18.0 Å². The molecule has 19 heavy (non-hydrogen) atoms. The molecule has 0 saturated carbocycles. The molecule has 0 amide bonds. The van der Waals surface area contributed by atoms with Crippen LogP contribution in [0.3, 0.4) is 0 Å². The molecule has 1 heterocycles. The summed E-state index contributed by atoms with van der Waals surface area (Å²) < 4.78 is 15.3. The zero-order valence-corrected chi connectivity index (χ0v) is 10.6. The van der Waals surface area contributed by atoms with Crippen molar-refractivity contribution in [2.75, 3.05) is 20.8 Å². The van der Waals surface area contributed by atoms with Crippen LogP contribution in [0.25, 0.3) is 11.0 Å². The molecule has 0 radical (unpaired) electrons. The summed E-state index contributed by atoms with van der Waals surface area (Å²) in [5.41, 5.74) is 1.47. The zero-order chi connectivity index (χ0) is 13.8. The molecule has 2 N–H and O–H groups in total. The first-order chi connectivity index (χ1) is 9.13. The zero-order valence-electron chi connectivity index (χ0n) is 10.6. The Hall–Kier alpha value is -2.28. The van der Waals surface area contributed by atoms with E-state index in [1.54, 1.807) is 26.4 Å². The van der Waals surface area contributed by atoms with Gasteiger partial charge in [-0.05, 0) is 0 Å². The lowest BCUT2D eigenvalue weighted by Crippen LogP contribution is -2.07. The van der Waals surface area contributed by atoms with Crippen LogP contribution in [0.5, 0.6) is 11.5 Å². The summed E-state index contributed by atoms with van der Waals surface area (Å²) in [5, 5.41) is 8.48. The van der Waals surface area contributed by atoms with Crippen LogP contribution in [0.1, 0.15) is 5.82 Å². The van der Waals surface area contributed by atoms with Crippen molar-refractivity contribution in [2.24, 2.45) is 0 Å². The highest BCUT2D eigenvalue weighted by Gasteiger charge is 2.10. The Morgan fingerprint density at radius 3 is 2.63 bits per heavy atom. The minimum atomic E-state index is -1.01. The number of aromatic nitrogens is 2. The van der Waals surface area contributed by atoms with E-state index in [9.17, 15) is 4.79 Å². The fourth-order valence-electron chi connectivity index (χ4n) is 1.69. The minimum absolute atomic E-state index is 0.103. The van der Waals surface area contributed by atoms with Gasteiger partial charge in [-0.25, -0.2) is 9.78 Å². The standard InChI is InChI=1S/C12H14N2O5/c1-17-9-3-7-8(4-10(9)18-2)14-11(13-7)5-19-6-12(15)16/h3-4H,5-6H2,1-2H3,(H,13,14)(H,15,16). The fourth-order valence-corrected chi connectivity index (χ4v) is 1.69. The SMILES string of the molecule is COc1cc2nc(COCC(=O)O)[nH]c2cc1OC. The van der Waals surface area contributed by atoms with Crippen molar-refractivity contribution >= 4 is 17.0 Å². The average Bonchev–Trinajstić information content (AvgIpc) is 2.77. The van der Waals surface area contributed by atoms with Gasteiger partial charge in [-0.1, -0.05) is 0 Å². The van der Waals surface area contributed by atoms with E-state index in [1.165, 1.54) is 0 Å². The van der Waals surface area contributed by atoms with Gasteiger partial charge in [-0.3, -0.25) is 0 Å². The second-order valence-corrected chi connectivity index (χ2v) is 3.79. The molecule has 1 aromatic carbocycles. The van der Waals surface area contributed by atoms with Gasteiger partial charge in [0.1, 0.15) is 19.0 Å². The molecule has 0 spiro atoms. The molecule has 7 nitrogen and oxygen atoms in total. The predicted octanol–water partition coefficient (Wildman–Crippen LogP) is 1.18. The fraction of sp³-hybridized carbons (Fsp3) is 0.333. The molecule has 0 aliphatic rings. The Labute approximate surface area is 109 Å². The first kappa shape index (κ1) is 13.2. The van der Waals surface area contributed by atoms with Crippen molar-refractivity contribution in [3.8, 4) is 11.5 Å². The summed E-state index contributed by atoms with van der Waals surface area (Å²) in [6.45, 7) is -0.255. The first-order valence-electron chi connectivity index (χ1n) is 5.54. The number of fused-ring (bicyclic) bond motifs is 1. The van der Waals surface area contributed by atoms with Gasteiger partial charge >= 0.3 is 5.97 Å². The molecule has 0 atom stereocenters. The molecule has 2 rings (SSSR count). The molecule has 102 valence electrons. The number of aromatic amines is 1. The summed E-state index contributed by atoms with van der Waals surface area (Å²) in [4.78, 5) is 17.7. The highest BCUT2D eigenvalue weighted by atomic mass is 16.5. The van der Waals surface area contributed by atoms with Gasteiger partial charge in [0.15, 0.2) is 11.5 Å². The second-order valence-electron chi connectivity index (χ2n) is 3.79. The van der Waals surface area contributed by atoms with E-state index in [-0.39, 0.29) is 13.2 Å². The number of imidazole rings is 1. The van der Waals surface area contributed by atoms with E-state index in [1.807, 2.05) is 0 Å². The lowest BCUT2D eigenvalue weighted by atomic mass is 10.3. The maximum absolute atomic E-state index is 10.3. The third kappa shape index (κ3) is 2.94. The van der Waals surface area contributed by atoms with Gasteiger partial charge in [0.25, 0.3) is 0 Å². The van der Waals surface area contributed by atoms with E-state index in [0.29, 0.717) is 22.8 Å². The van der Waals surface area contributed by atoms with Crippen molar-refractivity contribution in [3.63, 3.8) is 0 Å². The molecule has 0 bridgehead atoms. The van der Waals surface area contributed by atoms with Gasteiger partial charge in [-0.15, -0.1) is 0 Å². The number of nitrogens with zero attached hydrogens (tertiary/aromatic N) is 1. The number of H-pyrrole nitrogens is 1. The molecule has 0 fully saturated rings. The smallest absolute Gasteiger partial charge is 0.329 e. The molecule has 0 unspecified atom stereocenters. The summed E-state index contributed by atoms with van der Waals surface area (Å²) in [7, 11) is 3.10. The Morgan fingerprint density at radius 2 is 2.00 bits per heavy atom. The van der Waals surface area contributed by atoms with Gasteiger partial charge in [0, 0.05) is 12.1 Å². The molecule has 7 heteroatoms. The number of hydrogen-bond donors (Lipinski definition) is 2. The van der Waals surface area contributed by atoms with Crippen molar-refractivity contribution in [2.45, 2.75) is 6.61 Å². The maximum atomic E-state index is 10.3. The first-order valence-corrected chi connectivity index (χ1v) is 5.54. The number of hydrogen-bond acceptors (Lipinski definition) is 5. The number of aliphatic carboxylic acids is 1. The topological polar surface area (TPSA) is 93.7 Å². The number of benzene rings is 1. The summed E-state index contributed by atoms with van der Waals surface area (Å²) in [5.74, 6) is 0.710. The largest absolute Gasteiger partial charge is 0.493 e. The van der Waals surface area contributed by atoms with Crippen molar-refractivity contribution < 1.29 is 24.1 Å². The predicted molar refractivity (Wildman–Crippen MR) is 66.5 cm³/mol. The second kappa shape index (κ2) is 5.57. The van der Waals surface area contributed by atoms with Crippen LogP contribution in [0.15, 0.2) is 12.1 Å². The van der Waals surface area contributed by atoms with E-state index in [2.05, 4.69) is 9.97 Å². The normalized spacial score (nSPS) is 10.6. The van der Waals surface area contributed by atoms with E-state index >= 15 is 0 Å². The summed E-state index contributed by atoms with van der Waals surface area (Å²) in [6, 6.07) is 3.51. The Balaban J connectivity index is 2.22. The minimum Gasteiger partial charge on any atom is -0.493 e. The van der Waals surface area contributed by atoms with Gasteiger partial charge in [-0.2, -0.15) is 0 Å². The van der Waals surface area contributed by atoms with E-state index in [0.717, 1.165) is 5.52 Å². The number of carboxylic acids is 1. The quantitative estimate of drug-likeness (QED) is 0.815. The third-order valence-electron chi connectivity index (χ3n) is 2.50. The number of ether oxygens (including phenoxy) is 3. The van der Waals surface area contributed by atoms with Crippen LogP contribution >= 0.6 is 0 Å². The van der Waals surface area contributed by atoms with Crippen LogP contribution in [-0.2, 0) is 16.1 Å². The number of methoxy groups -OCH3 is 2. The maximum Gasteiger partial charge on any atom is 0.329 e. The third-order valence-corrected chi connectivity index (χ3v) is 2.50. The van der Waals surface area contributed by atoms with Crippen LogP contribution in [0.4, 0.5) is 0 Å². The molecular formula is C12H14N2O5. The van der Waals surface area contributed by atoms with Crippen molar-refractivity contribution in [1.82, 2.24) is 9.97 Å². The summed E-state index contributed by atoms with van der Waals surface area (Å²) >= 11 is 0. The molecule has 1 aromatic heterocycles. The molecule has 0 aliphatic heterocycles. The summed E-state index contributed by atoms with van der Waals surface area (Å²) in [6.07, 6.45) is 0. The number of rotatable bonds is 6. The number of carbonyl (C=O) groups is 1. The van der Waals surface area contributed by atoms with Crippen LogP contribution in [0.2, 0.25) is 0 Å². The lowest BCUT2D eigenvalue weighted by Gasteiger charge is -2.06. The number of nitrogens with one attached hydrogen (secondary N) is 1. The molecule has 0 aliphatic carbocycles. The Morgan fingerprint density at radius 1 is 1.32 bits per heavy atom. The highest BCUT2D eigenvalue weighted by molar-refractivity contribution is 5.79. The molecular weight excluding hydrogens is 252 g/mol. The highest BCUT2D eigenvalue weighted by Crippen LogP contribution is 2.31. The lowest BCUT2D eigenvalue weighted by molar-refractivity contribution is -0.142. The van der Waals surface area contributed by atoms with Gasteiger partial charge in [0.05, 0.1) is 25.3 Å². The van der Waals surface area contributed by atoms with Crippen LogP contribution < -0.4 is 9.47 Å². The van der Waals surface area contributed by atoms with Crippen LogP contribution in [-0.4, -0.2) is 41.9 Å². The Kier molecular flexibility index (Phi) is 3.86. The van der Waals surface area contributed by atoms with E-state index < -0.39 is 5.97 Å². The number of carboxylic acid groups (broad SMARTS) is 1. The average molecular weight is 266 g/mol. The molecule has 2 aromatic rings. The molecule has 0 saturated heterocycles. The van der Waals surface area contributed by atoms with Gasteiger partial charge in [0.2, 0.25) is 0 Å². The monoisotopic (exact) mass is 266 g/mol. The van der Waals surface area contributed by atoms with Gasteiger partial charge < -0.3 is 24.3 Å².